The fraction of sp³-hybridized carbons (Fsp3) is 0.591. The predicted molar refractivity (Wildman–Crippen MR) is 103 cm³/mol. The van der Waals surface area contributed by atoms with E-state index in [1.165, 1.54) is 11.8 Å². The van der Waals surface area contributed by atoms with Crippen molar-refractivity contribution in [2.75, 3.05) is 26.0 Å². The third-order valence-corrected chi connectivity index (χ3v) is 2.86. The van der Waals surface area contributed by atoms with Crippen molar-refractivity contribution in [1.82, 2.24) is 4.90 Å². The summed E-state index contributed by atoms with van der Waals surface area (Å²) in [5.41, 5.74) is -6.58. The third kappa shape index (κ3) is 5.09. The average molecular weight is 383 g/mol. The molecule has 0 saturated heterocycles. The van der Waals surface area contributed by atoms with Crippen LogP contribution in [0, 0.1) is 17.7 Å². The van der Waals surface area contributed by atoms with Gasteiger partial charge in [0.15, 0.2) is 12.2 Å². The van der Waals surface area contributed by atoms with Crippen LogP contribution in [0.1, 0.15) is 84.2 Å². The monoisotopic (exact) mass is 382 g/mol. The number of esters is 1. The van der Waals surface area contributed by atoms with E-state index in [9.17, 15) is 6.17 Å². The minimum absolute atomic E-state index is 0.107. The topological polar surface area (TPSA) is 49.8 Å². The Bertz CT molecular complexity index is 1560. The molecule has 1 aliphatic rings. The number of nitrogens with zero attached hydrogens (tertiary/aromatic N) is 1. The van der Waals surface area contributed by atoms with E-state index in [4.69, 9.17) is 33.0 Å². The number of benzene rings is 1. The molecule has 1 aromatic carbocycles. The lowest BCUT2D eigenvalue weighted by molar-refractivity contribution is -0.174. The highest BCUT2D eigenvalue weighted by Gasteiger charge is 2.46. The maximum atomic E-state index is 14.2. The highest BCUT2D eigenvalue weighted by molar-refractivity contribution is 5.81. The third-order valence-electron chi connectivity index (χ3n) is 2.86. The lowest BCUT2D eigenvalue weighted by atomic mass is 9.73. The Morgan fingerprint density at radius 1 is 1.38 bits per heavy atom. The van der Waals surface area contributed by atoms with Gasteiger partial charge >= 0.3 is 5.97 Å². The summed E-state index contributed by atoms with van der Waals surface area (Å²) in [5.74, 6) is -4.78. The summed E-state index contributed by atoms with van der Waals surface area (Å²) in [5, 5.41) is 4.37. The first kappa shape index (κ1) is 5.16. The number of rotatable bonds is 8. The molecule has 0 heterocycles. The average Bonchev–Trinajstić information content (AvgIpc) is 2.92. The molecule has 1 atom stereocenters. The fourth-order valence-corrected chi connectivity index (χ4v) is 1.66. The number of carbonyl (C=O) groups excluding carboxylic acids is 1. The van der Waals surface area contributed by atoms with E-state index in [0.717, 1.165) is 0 Å². The summed E-state index contributed by atoms with van der Waals surface area (Å²) >= 11 is 0. The van der Waals surface area contributed by atoms with Gasteiger partial charge in [-0.1, -0.05) is 75.0 Å². The Balaban J connectivity index is 3.21. The Morgan fingerprint density at radius 3 is 2.69 bits per heavy atom. The number of ether oxygens (including phenoxy) is 1. The molecule has 2 rings (SSSR count). The minimum atomic E-state index is -4.86. The van der Waals surface area contributed by atoms with Crippen molar-refractivity contribution >= 4 is 5.97 Å². The van der Waals surface area contributed by atoms with Crippen LogP contribution in [0.25, 0.3) is 0 Å². The molecule has 1 aliphatic carbocycles. The zero-order chi connectivity index (χ0) is 40.9. The number of hydrogen-bond donors (Lipinski definition) is 1. The smallest absolute Gasteiger partial charge is 0.344 e. The summed E-state index contributed by atoms with van der Waals surface area (Å²) in [6.07, 6.45) is -22.4. The SMILES string of the molecule is [2H]OC(C(=O)OC([2H])([2H])C#CC([2H])([2H])N(C([2H])([2H])C)C([2H])([2H])C)(c1c([2H])c([2H])c([2H])c([2H])c1[2H])C1([2H])C([2H])([2H])C([2H])([2H])C([2H])([2H])C([2H])([2H])C1([2H])[2H]. The van der Waals surface area contributed by atoms with Crippen molar-refractivity contribution in [3.05, 3.63) is 35.8 Å². The Morgan fingerprint density at radius 2 is 2.08 bits per heavy atom. The predicted octanol–water partition coefficient (Wildman–Crippen LogP) is 3.34. The van der Waals surface area contributed by atoms with Gasteiger partial charge in [-0.15, -0.1) is 0 Å². The molecule has 1 fully saturated rings. The standard InChI is InChI=1S/C22H31NO3/c1-3-23(4-2)17-11-12-18-26-21(24)22(25,19-13-7-5-8-14-19)20-15-9-6-10-16-20/h5,7-8,13-14,20,25H,3-4,6,9-10,15-18H2,1-2H3/i3D2,4D2,5D,6D2,7D,8D,9D2,10D2,13D,14D,15D2,16D2,17D2,18D2,20D,25D. The van der Waals surface area contributed by atoms with Gasteiger partial charge in [0, 0.05) is 26.5 Å². The quantitative estimate of drug-likeness (QED) is 0.553. The van der Waals surface area contributed by atoms with Gasteiger partial charge in [-0.05, 0) is 31.3 Å². The molecule has 0 spiro atoms. The van der Waals surface area contributed by atoms with Crippen molar-refractivity contribution < 1.29 is 47.5 Å². The van der Waals surface area contributed by atoms with Crippen molar-refractivity contribution in [2.45, 2.75) is 51.3 Å². The molecular formula is C22H31NO3. The van der Waals surface area contributed by atoms with Crippen molar-refractivity contribution in [3.63, 3.8) is 0 Å². The van der Waals surface area contributed by atoms with E-state index < -0.39 is 111 Å². The van der Waals surface area contributed by atoms with E-state index in [1.54, 1.807) is 0 Å². The second-order valence-electron chi connectivity index (χ2n) is 4.32. The van der Waals surface area contributed by atoms with Gasteiger partial charge in [0.2, 0.25) is 1.43 Å². The molecule has 4 heteroatoms. The lowest BCUT2D eigenvalue weighted by Crippen LogP contribution is -2.45. The highest BCUT2D eigenvalue weighted by Crippen LogP contribution is 2.40. The molecule has 1 saturated carbocycles. The van der Waals surface area contributed by atoms with Crippen LogP contribution in [0.5, 0.6) is 0 Å². The van der Waals surface area contributed by atoms with Crippen molar-refractivity contribution in [1.29, 1.82) is 1.43 Å². The van der Waals surface area contributed by atoms with E-state index in [1.807, 2.05) is 0 Å². The fourth-order valence-electron chi connectivity index (χ4n) is 1.66. The first-order chi connectivity index (χ1) is 22.2. The van der Waals surface area contributed by atoms with Crippen molar-refractivity contribution in [2.24, 2.45) is 5.89 Å². The molecule has 0 bridgehead atoms. The van der Waals surface area contributed by atoms with Crippen LogP contribution in [-0.4, -0.2) is 43.5 Å². The molecule has 26 heavy (non-hydrogen) atoms. The van der Waals surface area contributed by atoms with Crippen LogP contribution in [0.15, 0.2) is 30.2 Å². The van der Waals surface area contributed by atoms with E-state index >= 15 is 0 Å². The van der Waals surface area contributed by atoms with Crippen LogP contribution < -0.4 is 0 Å². The highest BCUT2D eigenvalue weighted by atomic mass is 16.5. The Labute approximate surface area is 192 Å². The van der Waals surface area contributed by atoms with Gasteiger partial charge in [-0.2, -0.15) is 0 Å². The van der Waals surface area contributed by atoms with Crippen LogP contribution >= 0.6 is 0 Å². The zero-order valence-corrected chi connectivity index (χ0v) is 13.7. The van der Waals surface area contributed by atoms with Crippen LogP contribution in [0.4, 0.5) is 0 Å². The molecule has 0 aliphatic heterocycles. The second-order valence-corrected chi connectivity index (χ2v) is 4.32. The minimum Gasteiger partial charge on any atom is -0.450 e. The van der Waals surface area contributed by atoms with E-state index in [0.29, 0.717) is 13.8 Å². The van der Waals surface area contributed by atoms with Gasteiger partial charge in [0.1, 0.15) is 0 Å². The van der Waals surface area contributed by atoms with Gasteiger partial charge in [0.05, 0.1) is 18.8 Å². The summed E-state index contributed by atoms with van der Waals surface area (Å²) in [7, 11) is 0. The van der Waals surface area contributed by atoms with E-state index in [2.05, 4.69) is 9.85 Å². The van der Waals surface area contributed by atoms with Crippen LogP contribution in [0.2, 0.25) is 0 Å². The molecule has 142 valence electrons. The van der Waals surface area contributed by atoms with Crippen LogP contribution in [0.3, 0.4) is 0 Å². The first-order valence-corrected chi connectivity index (χ1v) is 6.99. The van der Waals surface area contributed by atoms with Gasteiger partial charge in [-0.25, -0.2) is 4.79 Å². The summed E-state index contributed by atoms with van der Waals surface area (Å²) in [6.45, 7) is -11.7. The molecule has 0 radical (unpaired) electrons. The Kier molecular flexibility index (Phi) is 2.05. The maximum absolute atomic E-state index is 14.2. The molecule has 0 amide bonds. The molecule has 0 aromatic heterocycles. The summed E-state index contributed by atoms with van der Waals surface area (Å²) in [6, 6.07) is -7.45. The summed E-state index contributed by atoms with van der Waals surface area (Å²) in [4.78, 5) is 14.1. The lowest BCUT2D eigenvalue weighted by Gasteiger charge is -2.36. The molecule has 1 unspecified atom stereocenters. The molecule has 1 N–H and O–H groups in total. The first-order valence-electron chi connectivity index (χ1n) is 19.4. The number of aliphatic hydroxyl groups is 1. The molecule has 4 nitrogen and oxygen atoms in total. The number of carbonyl (C=O) groups is 1. The Hall–Kier alpha value is -1.83. The summed E-state index contributed by atoms with van der Waals surface area (Å²) < 4.78 is 210. The zero-order valence-electron chi connectivity index (χ0n) is 38.7. The van der Waals surface area contributed by atoms with Gasteiger partial charge in [-0.3, -0.25) is 4.90 Å². The van der Waals surface area contributed by atoms with Gasteiger partial charge in [0.25, 0.3) is 0 Å². The largest absolute Gasteiger partial charge is 0.450 e. The second kappa shape index (κ2) is 10.4. The van der Waals surface area contributed by atoms with Gasteiger partial charge < -0.3 is 9.85 Å². The maximum Gasteiger partial charge on any atom is 0.344 e. The molecule has 1 aromatic rings. The number of hydrogen-bond acceptors (Lipinski definition) is 4. The van der Waals surface area contributed by atoms with Crippen molar-refractivity contribution in [3.8, 4) is 11.8 Å². The normalized spacial score (nSPS) is 44.3. The molecular weight excluding hydrogens is 326 g/mol. The van der Waals surface area contributed by atoms with Crippen LogP contribution in [-0.2, 0) is 15.1 Å². The van der Waals surface area contributed by atoms with E-state index in [-0.39, 0.29) is 4.90 Å².